The molecule has 0 aromatic carbocycles. The molecule has 1 heterocycles. The number of likely N-dealkylation sites (tertiary alicyclic amines) is 1. The predicted molar refractivity (Wildman–Crippen MR) is 63.0 cm³/mol. The van der Waals surface area contributed by atoms with Gasteiger partial charge in [-0.2, -0.15) is 0 Å². The Hall–Kier alpha value is -0.410. The molecule has 0 saturated carbocycles. The fraction of sp³-hybridized carbons (Fsp3) is 0.917. The summed E-state index contributed by atoms with van der Waals surface area (Å²) in [5.74, 6) is 0.764. The molecule has 1 fully saturated rings. The van der Waals surface area contributed by atoms with Gasteiger partial charge < -0.3 is 10.2 Å². The summed E-state index contributed by atoms with van der Waals surface area (Å²) in [6.45, 7) is 9.48. The van der Waals surface area contributed by atoms with E-state index in [9.17, 15) is 4.79 Å². The Morgan fingerprint density at radius 2 is 2.20 bits per heavy atom. The van der Waals surface area contributed by atoms with E-state index in [4.69, 9.17) is 0 Å². The number of ketones is 1. The zero-order valence-electron chi connectivity index (χ0n) is 10.1. The van der Waals surface area contributed by atoms with Gasteiger partial charge >= 0.3 is 0 Å². The van der Waals surface area contributed by atoms with E-state index in [2.05, 4.69) is 17.1 Å². The standard InChI is InChI=1S/C12H24N2O/c1-3-6-13-7-9-14-8-5-11(10-14)12(15)4-2/h11,13H,3-10H2,1-2H3. The van der Waals surface area contributed by atoms with Crippen LogP contribution in [0.4, 0.5) is 0 Å². The number of rotatable bonds is 7. The molecule has 1 N–H and O–H groups in total. The number of Topliss-reactive ketones (excluding diaryl/α,β-unsaturated/α-hetero) is 1. The highest BCUT2D eigenvalue weighted by Gasteiger charge is 2.26. The number of carbonyl (C=O) groups is 1. The van der Waals surface area contributed by atoms with Crippen molar-refractivity contribution in [3.63, 3.8) is 0 Å². The molecule has 3 nitrogen and oxygen atoms in total. The minimum absolute atomic E-state index is 0.321. The average molecular weight is 212 g/mol. The number of nitrogens with one attached hydrogen (secondary N) is 1. The van der Waals surface area contributed by atoms with Crippen molar-refractivity contribution >= 4 is 5.78 Å². The second-order valence-electron chi connectivity index (χ2n) is 4.36. The van der Waals surface area contributed by atoms with Crippen LogP contribution in [0.2, 0.25) is 0 Å². The van der Waals surface area contributed by atoms with Gasteiger partial charge in [0.25, 0.3) is 0 Å². The van der Waals surface area contributed by atoms with Crippen LogP contribution in [-0.2, 0) is 4.79 Å². The highest BCUT2D eigenvalue weighted by molar-refractivity contribution is 5.81. The van der Waals surface area contributed by atoms with Gasteiger partial charge in [0.1, 0.15) is 5.78 Å². The summed E-state index contributed by atoms with van der Waals surface area (Å²) < 4.78 is 0. The highest BCUT2D eigenvalue weighted by atomic mass is 16.1. The van der Waals surface area contributed by atoms with Crippen LogP contribution in [-0.4, -0.2) is 43.4 Å². The largest absolute Gasteiger partial charge is 0.315 e. The molecule has 0 radical (unpaired) electrons. The molecule has 0 aromatic rings. The first-order valence-electron chi connectivity index (χ1n) is 6.23. The molecule has 1 rings (SSSR count). The summed E-state index contributed by atoms with van der Waals surface area (Å²) in [7, 11) is 0. The van der Waals surface area contributed by atoms with E-state index < -0.39 is 0 Å². The summed E-state index contributed by atoms with van der Waals surface area (Å²) in [6, 6.07) is 0. The molecule has 3 heteroatoms. The van der Waals surface area contributed by atoms with Gasteiger partial charge in [-0.05, 0) is 25.9 Å². The molecule has 0 spiro atoms. The van der Waals surface area contributed by atoms with E-state index >= 15 is 0 Å². The van der Waals surface area contributed by atoms with Crippen LogP contribution in [0, 0.1) is 5.92 Å². The number of hydrogen-bond donors (Lipinski definition) is 1. The smallest absolute Gasteiger partial charge is 0.137 e. The molecule has 88 valence electrons. The molecule has 1 unspecified atom stereocenters. The topological polar surface area (TPSA) is 32.3 Å². The Kier molecular flexibility index (Phi) is 5.88. The molecule has 1 aliphatic rings. The summed E-state index contributed by atoms with van der Waals surface area (Å²) in [4.78, 5) is 13.9. The second kappa shape index (κ2) is 6.96. The lowest BCUT2D eigenvalue weighted by atomic mass is 10.0. The van der Waals surface area contributed by atoms with Crippen LogP contribution in [0.3, 0.4) is 0 Å². The van der Waals surface area contributed by atoms with Crippen molar-refractivity contribution in [1.29, 1.82) is 0 Å². The Morgan fingerprint density at radius 1 is 1.40 bits per heavy atom. The van der Waals surface area contributed by atoms with Crippen molar-refractivity contribution in [2.45, 2.75) is 33.1 Å². The number of carbonyl (C=O) groups excluding carboxylic acids is 1. The molecule has 0 bridgehead atoms. The van der Waals surface area contributed by atoms with Gasteiger partial charge in [0.2, 0.25) is 0 Å². The maximum atomic E-state index is 11.5. The van der Waals surface area contributed by atoms with Gasteiger partial charge in [0, 0.05) is 32.0 Å². The first-order valence-corrected chi connectivity index (χ1v) is 6.23. The third-order valence-corrected chi connectivity index (χ3v) is 3.11. The number of hydrogen-bond acceptors (Lipinski definition) is 3. The fourth-order valence-electron chi connectivity index (χ4n) is 2.13. The maximum absolute atomic E-state index is 11.5. The van der Waals surface area contributed by atoms with Crippen LogP contribution in [0.25, 0.3) is 0 Å². The average Bonchev–Trinajstić information content (AvgIpc) is 2.72. The summed E-state index contributed by atoms with van der Waals surface area (Å²) in [5, 5.41) is 3.39. The van der Waals surface area contributed by atoms with Crippen molar-refractivity contribution in [3.05, 3.63) is 0 Å². The molecule has 0 amide bonds. The molecular weight excluding hydrogens is 188 g/mol. The van der Waals surface area contributed by atoms with E-state index in [1.165, 1.54) is 6.42 Å². The molecule has 0 aromatic heterocycles. The lowest BCUT2D eigenvalue weighted by molar-refractivity contribution is -0.122. The Balaban J connectivity index is 2.11. The van der Waals surface area contributed by atoms with Gasteiger partial charge in [-0.15, -0.1) is 0 Å². The lowest BCUT2D eigenvalue weighted by Gasteiger charge is -2.15. The van der Waals surface area contributed by atoms with Gasteiger partial charge in [-0.25, -0.2) is 0 Å². The van der Waals surface area contributed by atoms with Crippen molar-refractivity contribution in [3.8, 4) is 0 Å². The van der Waals surface area contributed by atoms with Gasteiger partial charge in [-0.3, -0.25) is 4.79 Å². The van der Waals surface area contributed by atoms with Gasteiger partial charge in [0.05, 0.1) is 0 Å². The maximum Gasteiger partial charge on any atom is 0.137 e. The Bertz CT molecular complexity index is 194. The zero-order valence-corrected chi connectivity index (χ0v) is 10.1. The summed E-state index contributed by atoms with van der Waals surface area (Å²) in [5.41, 5.74) is 0. The fourth-order valence-corrected chi connectivity index (χ4v) is 2.13. The third kappa shape index (κ3) is 4.31. The minimum atomic E-state index is 0.321. The van der Waals surface area contributed by atoms with Crippen LogP contribution in [0.5, 0.6) is 0 Å². The van der Waals surface area contributed by atoms with E-state index in [1.54, 1.807) is 0 Å². The van der Waals surface area contributed by atoms with Crippen molar-refractivity contribution in [2.75, 3.05) is 32.7 Å². The highest BCUT2D eigenvalue weighted by Crippen LogP contribution is 2.17. The normalized spacial score (nSPS) is 22.1. The van der Waals surface area contributed by atoms with E-state index in [-0.39, 0.29) is 0 Å². The summed E-state index contributed by atoms with van der Waals surface area (Å²) in [6.07, 6.45) is 2.96. The lowest BCUT2D eigenvalue weighted by Crippen LogP contribution is -2.31. The third-order valence-electron chi connectivity index (χ3n) is 3.11. The van der Waals surface area contributed by atoms with E-state index in [1.807, 2.05) is 6.92 Å². The molecular formula is C12H24N2O. The zero-order chi connectivity index (χ0) is 11.1. The first-order chi connectivity index (χ1) is 7.27. The van der Waals surface area contributed by atoms with Crippen LogP contribution in [0.1, 0.15) is 33.1 Å². The van der Waals surface area contributed by atoms with Crippen molar-refractivity contribution in [1.82, 2.24) is 10.2 Å². The monoisotopic (exact) mass is 212 g/mol. The van der Waals surface area contributed by atoms with Gasteiger partial charge in [0.15, 0.2) is 0 Å². The first kappa shape index (κ1) is 12.7. The quantitative estimate of drug-likeness (QED) is 0.645. The van der Waals surface area contributed by atoms with Crippen molar-refractivity contribution in [2.24, 2.45) is 5.92 Å². The summed E-state index contributed by atoms with van der Waals surface area (Å²) >= 11 is 0. The second-order valence-corrected chi connectivity index (χ2v) is 4.36. The van der Waals surface area contributed by atoms with Crippen molar-refractivity contribution < 1.29 is 4.79 Å². The Morgan fingerprint density at radius 3 is 2.87 bits per heavy atom. The minimum Gasteiger partial charge on any atom is -0.315 e. The number of nitrogens with zero attached hydrogens (tertiary/aromatic N) is 1. The molecule has 15 heavy (non-hydrogen) atoms. The van der Waals surface area contributed by atoms with Crippen LogP contribution < -0.4 is 5.32 Å². The van der Waals surface area contributed by atoms with Crippen LogP contribution in [0.15, 0.2) is 0 Å². The Labute approximate surface area is 93.2 Å². The SMILES string of the molecule is CCCNCCN1CCC(C(=O)CC)C1. The predicted octanol–water partition coefficient (Wildman–Crippen LogP) is 1.29. The van der Waals surface area contributed by atoms with Crippen LogP contribution >= 0.6 is 0 Å². The van der Waals surface area contributed by atoms with Gasteiger partial charge in [-0.1, -0.05) is 13.8 Å². The molecule has 1 aliphatic heterocycles. The molecule has 0 aliphatic carbocycles. The van der Waals surface area contributed by atoms with E-state index in [0.717, 1.165) is 39.1 Å². The molecule has 1 saturated heterocycles. The molecule has 1 atom stereocenters. The van der Waals surface area contributed by atoms with E-state index in [0.29, 0.717) is 18.1 Å².